The number of amides is 1. The van der Waals surface area contributed by atoms with Gasteiger partial charge < -0.3 is 10.1 Å². The summed E-state index contributed by atoms with van der Waals surface area (Å²) in [5.74, 6) is 1.99. The lowest BCUT2D eigenvalue weighted by Gasteiger charge is -2.10. The van der Waals surface area contributed by atoms with E-state index in [1.54, 1.807) is 24.3 Å². The van der Waals surface area contributed by atoms with Crippen molar-refractivity contribution in [3.63, 3.8) is 0 Å². The zero-order valence-electron chi connectivity index (χ0n) is 14.5. The molecule has 5 nitrogen and oxygen atoms in total. The van der Waals surface area contributed by atoms with Gasteiger partial charge in [-0.25, -0.2) is 8.42 Å². The van der Waals surface area contributed by atoms with Gasteiger partial charge in [0.1, 0.15) is 11.5 Å². The minimum atomic E-state index is -2.90. The normalized spacial score (nSPS) is 18.4. The number of nitrogens with one attached hydrogen (secondary N) is 1. The number of carbonyl (C=O) groups is 1. The van der Waals surface area contributed by atoms with Gasteiger partial charge in [0, 0.05) is 10.9 Å². The van der Waals surface area contributed by atoms with Gasteiger partial charge in [0.2, 0.25) is 5.91 Å². The lowest BCUT2D eigenvalue weighted by atomic mass is 10.2. The smallest absolute Gasteiger partial charge is 0.234 e. The van der Waals surface area contributed by atoms with E-state index >= 15 is 0 Å². The number of carbonyl (C=O) groups excluding carboxylic acids is 1. The van der Waals surface area contributed by atoms with E-state index in [9.17, 15) is 13.2 Å². The molecule has 1 N–H and O–H groups in total. The molecule has 1 aliphatic rings. The second-order valence-electron chi connectivity index (χ2n) is 6.33. The van der Waals surface area contributed by atoms with Gasteiger partial charge in [-0.3, -0.25) is 4.79 Å². The highest BCUT2D eigenvalue weighted by molar-refractivity contribution is 8.02. The Labute approximate surface area is 158 Å². The van der Waals surface area contributed by atoms with Crippen LogP contribution < -0.4 is 10.1 Å². The molecule has 26 heavy (non-hydrogen) atoms. The van der Waals surface area contributed by atoms with Crippen molar-refractivity contribution in [3.8, 4) is 11.5 Å². The van der Waals surface area contributed by atoms with Gasteiger partial charge in [0.25, 0.3) is 0 Å². The highest BCUT2D eigenvalue weighted by Gasteiger charge is 2.28. The van der Waals surface area contributed by atoms with Gasteiger partial charge >= 0.3 is 0 Å². The molecule has 3 rings (SSSR count). The zero-order chi connectivity index (χ0) is 18.6. The summed E-state index contributed by atoms with van der Waals surface area (Å²) in [7, 11) is -2.90. The first-order valence-corrected chi connectivity index (χ1v) is 11.2. The van der Waals surface area contributed by atoms with Crippen LogP contribution in [-0.4, -0.2) is 36.8 Å². The Morgan fingerprint density at radius 2 is 1.96 bits per heavy atom. The predicted molar refractivity (Wildman–Crippen MR) is 106 cm³/mol. The monoisotopic (exact) mass is 391 g/mol. The number of anilines is 1. The third kappa shape index (κ3) is 5.51. The van der Waals surface area contributed by atoms with Crippen LogP contribution in [0.3, 0.4) is 0 Å². The molecule has 0 aromatic heterocycles. The van der Waals surface area contributed by atoms with Crippen LogP contribution in [0.15, 0.2) is 48.5 Å². The molecule has 1 aliphatic heterocycles. The molecule has 1 fully saturated rings. The van der Waals surface area contributed by atoms with E-state index in [1.807, 2.05) is 31.2 Å². The number of rotatable bonds is 6. The molecule has 0 saturated carbocycles. The molecule has 1 amide bonds. The van der Waals surface area contributed by atoms with Crippen LogP contribution in [0.1, 0.15) is 12.0 Å². The number of aryl methyl sites for hydroxylation is 1. The van der Waals surface area contributed by atoms with Crippen molar-refractivity contribution in [3.05, 3.63) is 54.1 Å². The number of thioether (sulfide) groups is 1. The number of hydrogen-bond donors (Lipinski definition) is 1. The fourth-order valence-electron chi connectivity index (χ4n) is 2.70. The Kier molecular flexibility index (Phi) is 5.88. The Bertz CT molecular complexity index is 879. The fourth-order valence-corrected chi connectivity index (χ4v) is 6.15. The molecular formula is C19H21NO4S2. The minimum Gasteiger partial charge on any atom is -0.457 e. The molecular weight excluding hydrogens is 370 g/mol. The summed E-state index contributed by atoms with van der Waals surface area (Å²) in [5.41, 5.74) is 1.81. The van der Waals surface area contributed by atoms with Gasteiger partial charge in [-0.05, 0) is 55.3 Å². The first-order valence-electron chi connectivity index (χ1n) is 8.36. The fraction of sp³-hybridized carbons (Fsp3) is 0.316. The lowest BCUT2D eigenvalue weighted by molar-refractivity contribution is -0.113. The molecule has 0 unspecified atom stereocenters. The highest BCUT2D eigenvalue weighted by atomic mass is 32.2. The van der Waals surface area contributed by atoms with E-state index < -0.39 is 9.84 Å². The van der Waals surface area contributed by atoms with Crippen molar-refractivity contribution in [1.82, 2.24) is 0 Å². The lowest BCUT2D eigenvalue weighted by Crippen LogP contribution is -2.17. The van der Waals surface area contributed by atoms with Gasteiger partial charge in [-0.1, -0.05) is 12.1 Å². The second kappa shape index (κ2) is 8.14. The minimum absolute atomic E-state index is 0.0239. The average Bonchev–Trinajstić information content (AvgIpc) is 2.94. The van der Waals surface area contributed by atoms with Crippen LogP contribution in [0, 0.1) is 6.92 Å². The Morgan fingerprint density at radius 3 is 2.62 bits per heavy atom. The first-order chi connectivity index (χ1) is 12.4. The zero-order valence-corrected chi connectivity index (χ0v) is 16.1. The summed E-state index contributed by atoms with van der Waals surface area (Å²) in [5, 5.41) is 2.85. The van der Waals surface area contributed by atoms with E-state index in [0.29, 0.717) is 17.9 Å². The molecule has 138 valence electrons. The van der Waals surface area contributed by atoms with Crippen molar-refractivity contribution in [2.24, 2.45) is 0 Å². The molecule has 7 heteroatoms. The molecule has 1 saturated heterocycles. The van der Waals surface area contributed by atoms with E-state index in [4.69, 9.17) is 4.74 Å². The van der Waals surface area contributed by atoms with Gasteiger partial charge in [-0.15, -0.1) is 11.8 Å². The van der Waals surface area contributed by atoms with Crippen LogP contribution >= 0.6 is 11.8 Å². The molecule has 1 heterocycles. The summed E-state index contributed by atoms with van der Waals surface area (Å²) in [4.78, 5) is 12.0. The summed E-state index contributed by atoms with van der Waals surface area (Å²) in [6.07, 6.45) is 0.630. The van der Waals surface area contributed by atoms with Crippen LogP contribution in [0.5, 0.6) is 11.5 Å². The van der Waals surface area contributed by atoms with Gasteiger partial charge in [0.05, 0.1) is 17.3 Å². The van der Waals surface area contributed by atoms with Crippen molar-refractivity contribution in [2.75, 3.05) is 22.6 Å². The molecule has 0 spiro atoms. The largest absolute Gasteiger partial charge is 0.457 e. The third-order valence-electron chi connectivity index (χ3n) is 4.00. The maximum Gasteiger partial charge on any atom is 0.234 e. The van der Waals surface area contributed by atoms with E-state index in [0.717, 1.165) is 11.3 Å². The molecule has 0 radical (unpaired) electrons. The van der Waals surface area contributed by atoms with Crippen LogP contribution in [0.25, 0.3) is 0 Å². The Hall–Kier alpha value is -1.99. The third-order valence-corrected chi connectivity index (χ3v) is 7.29. The van der Waals surface area contributed by atoms with Crippen molar-refractivity contribution < 1.29 is 17.9 Å². The maximum atomic E-state index is 12.0. The number of ether oxygens (including phenoxy) is 1. The predicted octanol–water partition coefficient (Wildman–Crippen LogP) is 3.65. The van der Waals surface area contributed by atoms with Crippen molar-refractivity contribution in [1.29, 1.82) is 0 Å². The highest BCUT2D eigenvalue weighted by Crippen LogP contribution is 2.25. The van der Waals surface area contributed by atoms with Crippen LogP contribution in [0.4, 0.5) is 5.69 Å². The molecule has 2 aromatic rings. The average molecular weight is 392 g/mol. The summed E-state index contributed by atoms with van der Waals surface area (Å²) >= 11 is 1.40. The quantitative estimate of drug-likeness (QED) is 0.814. The van der Waals surface area contributed by atoms with Crippen molar-refractivity contribution in [2.45, 2.75) is 18.6 Å². The standard InChI is InChI=1S/C19H21NO4S2/c1-14-3-2-4-17(11-14)24-16-7-5-15(6-8-16)20-19(21)12-25-18-9-10-26(22,23)13-18/h2-8,11,18H,9-10,12-13H2,1H3,(H,20,21)/t18-/m1/s1. The maximum absolute atomic E-state index is 12.0. The number of benzene rings is 2. The van der Waals surface area contributed by atoms with Crippen molar-refractivity contribution >= 4 is 33.2 Å². The van der Waals surface area contributed by atoms with Crippen LogP contribution in [-0.2, 0) is 14.6 Å². The summed E-state index contributed by atoms with van der Waals surface area (Å²) in [6.45, 7) is 2.00. The van der Waals surface area contributed by atoms with Crippen LogP contribution in [0.2, 0.25) is 0 Å². The van der Waals surface area contributed by atoms with E-state index in [1.165, 1.54) is 11.8 Å². The summed E-state index contributed by atoms with van der Waals surface area (Å²) < 4.78 is 28.6. The number of sulfone groups is 1. The van der Waals surface area contributed by atoms with E-state index in [-0.39, 0.29) is 28.4 Å². The second-order valence-corrected chi connectivity index (χ2v) is 9.84. The first kappa shape index (κ1) is 18.8. The SMILES string of the molecule is Cc1cccc(Oc2ccc(NC(=O)CS[C@@H]3CCS(=O)(=O)C3)cc2)c1. The van der Waals surface area contributed by atoms with Gasteiger partial charge in [-0.2, -0.15) is 0 Å². The molecule has 0 bridgehead atoms. The Balaban J connectivity index is 1.48. The molecule has 2 aromatic carbocycles. The van der Waals surface area contributed by atoms with Gasteiger partial charge in [0.15, 0.2) is 9.84 Å². The summed E-state index contributed by atoms with van der Waals surface area (Å²) in [6, 6.07) is 15.0. The van der Waals surface area contributed by atoms with E-state index in [2.05, 4.69) is 5.32 Å². The molecule has 1 atom stereocenters. The number of hydrogen-bond acceptors (Lipinski definition) is 5. The Morgan fingerprint density at radius 1 is 1.19 bits per heavy atom. The molecule has 0 aliphatic carbocycles. The topological polar surface area (TPSA) is 72.5 Å².